The van der Waals surface area contributed by atoms with Gasteiger partial charge in [0.05, 0.1) is 6.54 Å². The molecule has 4 rings (SSSR count). The number of benzene rings is 1. The highest BCUT2D eigenvalue weighted by molar-refractivity contribution is 7.10. The summed E-state index contributed by atoms with van der Waals surface area (Å²) in [4.78, 5) is 18.4. The molecule has 0 aliphatic carbocycles. The Labute approximate surface area is 166 Å². The summed E-state index contributed by atoms with van der Waals surface area (Å²) >= 11 is 1.84. The summed E-state index contributed by atoms with van der Waals surface area (Å²) in [6, 6.07) is 13.0. The van der Waals surface area contributed by atoms with Gasteiger partial charge < -0.3 is 5.32 Å². The Balaban J connectivity index is 1.32. The van der Waals surface area contributed by atoms with Crippen molar-refractivity contribution in [2.24, 2.45) is 0 Å². The minimum absolute atomic E-state index is 0.146. The quantitative estimate of drug-likeness (QED) is 0.832. The van der Waals surface area contributed by atoms with Crippen molar-refractivity contribution in [2.45, 2.75) is 44.8 Å². The SMILES string of the molecule is O=C1CN(Cc2cc(CN3CCCCC3)cs2)C[C@H](Cc2ccccc2)N1. The van der Waals surface area contributed by atoms with Crippen LogP contribution in [0.5, 0.6) is 0 Å². The third-order valence-corrected chi connectivity index (χ3v) is 6.45. The van der Waals surface area contributed by atoms with Gasteiger partial charge in [-0.3, -0.25) is 14.6 Å². The van der Waals surface area contributed by atoms with Crippen LogP contribution in [0.25, 0.3) is 0 Å². The van der Waals surface area contributed by atoms with E-state index >= 15 is 0 Å². The summed E-state index contributed by atoms with van der Waals surface area (Å²) in [5.74, 6) is 0.146. The van der Waals surface area contributed by atoms with Crippen LogP contribution < -0.4 is 5.32 Å². The Morgan fingerprint density at radius 2 is 1.81 bits per heavy atom. The highest BCUT2D eigenvalue weighted by atomic mass is 32.1. The fourth-order valence-electron chi connectivity index (χ4n) is 4.22. The zero-order chi connectivity index (χ0) is 18.5. The van der Waals surface area contributed by atoms with Crippen molar-refractivity contribution < 1.29 is 4.79 Å². The number of rotatable bonds is 6. The largest absolute Gasteiger partial charge is 0.351 e. The van der Waals surface area contributed by atoms with Gasteiger partial charge >= 0.3 is 0 Å². The molecule has 2 aliphatic heterocycles. The first kappa shape index (κ1) is 18.7. The summed E-state index contributed by atoms with van der Waals surface area (Å²) in [5.41, 5.74) is 2.71. The van der Waals surface area contributed by atoms with Crippen LogP contribution in [-0.4, -0.2) is 47.9 Å². The first-order chi connectivity index (χ1) is 13.2. The van der Waals surface area contributed by atoms with E-state index in [2.05, 4.69) is 50.8 Å². The number of carbonyl (C=O) groups is 1. The average molecular weight is 384 g/mol. The molecule has 0 bridgehead atoms. The molecule has 2 saturated heterocycles. The summed E-state index contributed by atoms with van der Waals surface area (Å²) in [7, 11) is 0. The second-order valence-corrected chi connectivity index (χ2v) is 8.88. The van der Waals surface area contributed by atoms with Crippen molar-refractivity contribution in [2.75, 3.05) is 26.2 Å². The van der Waals surface area contributed by atoms with Crippen LogP contribution in [0, 0.1) is 0 Å². The molecule has 1 atom stereocenters. The van der Waals surface area contributed by atoms with Crippen LogP contribution in [0.15, 0.2) is 41.8 Å². The first-order valence-corrected chi connectivity index (χ1v) is 11.0. The highest BCUT2D eigenvalue weighted by Crippen LogP contribution is 2.21. The van der Waals surface area contributed by atoms with Crippen LogP contribution in [0.3, 0.4) is 0 Å². The lowest BCUT2D eigenvalue weighted by atomic mass is 10.0. The van der Waals surface area contributed by atoms with Crippen LogP contribution >= 0.6 is 11.3 Å². The van der Waals surface area contributed by atoms with Crippen LogP contribution in [0.2, 0.25) is 0 Å². The van der Waals surface area contributed by atoms with Gasteiger partial charge in [0.25, 0.3) is 0 Å². The van der Waals surface area contributed by atoms with Crippen molar-refractivity contribution in [3.05, 3.63) is 57.8 Å². The summed E-state index contributed by atoms with van der Waals surface area (Å²) in [6.07, 6.45) is 4.95. The fourth-order valence-corrected chi connectivity index (χ4v) is 5.14. The molecule has 2 aliphatic rings. The molecular weight excluding hydrogens is 354 g/mol. The molecule has 2 fully saturated rings. The van der Waals surface area contributed by atoms with Gasteiger partial charge in [0.2, 0.25) is 5.91 Å². The monoisotopic (exact) mass is 383 g/mol. The average Bonchev–Trinajstić information content (AvgIpc) is 3.09. The van der Waals surface area contributed by atoms with Gasteiger partial charge in [0.15, 0.2) is 0 Å². The zero-order valence-electron chi connectivity index (χ0n) is 15.9. The zero-order valence-corrected chi connectivity index (χ0v) is 16.7. The fraction of sp³-hybridized carbons (Fsp3) is 0.500. The van der Waals surface area contributed by atoms with Crippen LogP contribution in [0.4, 0.5) is 0 Å². The molecule has 5 heteroatoms. The maximum Gasteiger partial charge on any atom is 0.234 e. The van der Waals surface area contributed by atoms with Gasteiger partial charge in [-0.2, -0.15) is 0 Å². The second kappa shape index (κ2) is 9.00. The third kappa shape index (κ3) is 5.41. The van der Waals surface area contributed by atoms with Crippen LogP contribution in [0.1, 0.15) is 35.3 Å². The number of thiophene rings is 1. The van der Waals surface area contributed by atoms with Gasteiger partial charge in [-0.15, -0.1) is 11.3 Å². The van der Waals surface area contributed by atoms with E-state index in [-0.39, 0.29) is 11.9 Å². The molecule has 0 saturated carbocycles. The lowest BCUT2D eigenvalue weighted by Crippen LogP contribution is -2.54. The number of hydrogen-bond donors (Lipinski definition) is 1. The molecule has 0 radical (unpaired) electrons. The predicted molar refractivity (Wildman–Crippen MR) is 111 cm³/mol. The van der Waals surface area contributed by atoms with Gasteiger partial charge in [-0.05, 0) is 54.9 Å². The van der Waals surface area contributed by atoms with E-state index < -0.39 is 0 Å². The van der Waals surface area contributed by atoms with E-state index in [1.54, 1.807) is 0 Å². The Morgan fingerprint density at radius 1 is 1.00 bits per heavy atom. The number of piperazine rings is 1. The second-order valence-electron chi connectivity index (χ2n) is 7.88. The van der Waals surface area contributed by atoms with Crippen molar-refractivity contribution in [3.63, 3.8) is 0 Å². The lowest BCUT2D eigenvalue weighted by Gasteiger charge is -2.32. The molecule has 0 spiro atoms. The van der Waals surface area contributed by atoms with Crippen molar-refractivity contribution in [1.29, 1.82) is 0 Å². The lowest BCUT2D eigenvalue weighted by molar-refractivity contribution is -0.125. The van der Waals surface area contributed by atoms with E-state index in [0.29, 0.717) is 6.54 Å². The van der Waals surface area contributed by atoms with Crippen molar-refractivity contribution in [1.82, 2.24) is 15.1 Å². The molecule has 1 N–H and O–H groups in total. The number of carbonyl (C=O) groups excluding carboxylic acids is 1. The molecule has 2 aromatic rings. The first-order valence-electron chi connectivity index (χ1n) is 10.1. The summed E-state index contributed by atoms with van der Waals surface area (Å²) < 4.78 is 0. The highest BCUT2D eigenvalue weighted by Gasteiger charge is 2.25. The van der Waals surface area contributed by atoms with Gasteiger partial charge in [-0.1, -0.05) is 36.8 Å². The number of nitrogens with zero attached hydrogens (tertiary/aromatic N) is 2. The molecule has 4 nitrogen and oxygen atoms in total. The maximum atomic E-state index is 12.2. The Morgan fingerprint density at radius 3 is 2.63 bits per heavy atom. The van der Waals surface area contributed by atoms with Crippen LogP contribution in [-0.2, 0) is 24.3 Å². The van der Waals surface area contributed by atoms with Crippen molar-refractivity contribution >= 4 is 17.2 Å². The predicted octanol–water partition coefficient (Wildman–Crippen LogP) is 3.28. The topological polar surface area (TPSA) is 35.6 Å². The number of amides is 1. The number of likely N-dealkylation sites (tertiary alicyclic amines) is 1. The van der Waals surface area contributed by atoms with E-state index in [9.17, 15) is 4.79 Å². The molecule has 1 aromatic carbocycles. The van der Waals surface area contributed by atoms with E-state index in [1.165, 1.54) is 48.4 Å². The number of piperidine rings is 1. The molecule has 1 amide bonds. The van der Waals surface area contributed by atoms with Crippen molar-refractivity contribution in [3.8, 4) is 0 Å². The molecule has 3 heterocycles. The number of nitrogens with one attached hydrogen (secondary N) is 1. The minimum atomic E-state index is 0.146. The maximum absolute atomic E-state index is 12.2. The molecule has 144 valence electrons. The van der Waals surface area contributed by atoms with Gasteiger partial charge in [-0.25, -0.2) is 0 Å². The smallest absolute Gasteiger partial charge is 0.234 e. The Hall–Kier alpha value is -1.69. The summed E-state index contributed by atoms with van der Waals surface area (Å²) in [5, 5.41) is 5.46. The molecular formula is C22H29N3OS. The van der Waals surface area contributed by atoms with E-state index in [0.717, 1.165) is 26.1 Å². The Kier molecular flexibility index (Phi) is 6.22. The van der Waals surface area contributed by atoms with Gasteiger partial charge in [0, 0.05) is 30.6 Å². The summed E-state index contributed by atoms with van der Waals surface area (Å²) in [6.45, 7) is 5.85. The van der Waals surface area contributed by atoms with E-state index in [1.807, 2.05) is 17.4 Å². The Bertz CT molecular complexity index is 739. The van der Waals surface area contributed by atoms with Gasteiger partial charge in [0.1, 0.15) is 0 Å². The van der Waals surface area contributed by atoms with E-state index in [4.69, 9.17) is 0 Å². The minimum Gasteiger partial charge on any atom is -0.351 e. The third-order valence-electron chi connectivity index (χ3n) is 5.48. The molecule has 27 heavy (non-hydrogen) atoms. The standard InChI is InChI=1S/C22H29N3OS/c26-22-16-25(14-20(23-22)11-18-7-3-1-4-8-18)15-21-12-19(17-27-21)13-24-9-5-2-6-10-24/h1,3-4,7-8,12,17,20H,2,5-6,9-11,13-16H2,(H,23,26)/t20-/m0/s1. The normalized spacial score (nSPS) is 21.9. The molecule has 1 aromatic heterocycles. The molecule has 0 unspecified atom stereocenters. The number of hydrogen-bond acceptors (Lipinski definition) is 4.